The number of halogens is 1. The highest BCUT2D eigenvalue weighted by molar-refractivity contribution is 6.29. The van der Waals surface area contributed by atoms with Crippen LogP contribution in [-0.2, 0) is 0 Å². The van der Waals surface area contributed by atoms with E-state index in [-0.39, 0.29) is 0 Å². The molecule has 11 heavy (non-hydrogen) atoms. The summed E-state index contributed by atoms with van der Waals surface area (Å²) in [5.74, 6) is 0.793. The molecule has 1 saturated carbocycles. The largest absolute Gasteiger partial charge is 0.0891 e. The lowest BCUT2D eigenvalue weighted by molar-refractivity contribution is 0.567. The molecule has 1 fully saturated rings. The lowest BCUT2D eigenvalue weighted by Gasteiger charge is -2.14. The molecule has 0 nitrogen and oxygen atoms in total. The molecule has 1 radical (unpaired) electrons. The van der Waals surface area contributed by atoms with Gasteiger partial charge in [0.25, 0.3) is 0 Å². The molecule has 0 aromatic carbocycles. The Labute approximate surface area is 72.9 Å². The van der Waals surface area contributed by atoms with Crippen LogP contribution >= 0.6 is 11.6 Å². The van der Waals surface area contributed by atoms with Gasteiger partial charge in [0.2, 0.25) is 0 Å². The van der Waals surface area contributed by atoms with Crippen molar-refractivity contribution in [1.29, 1.82) is 0 Å². The molecule has 0 saturated heterocycles. The zero-order valence-corrected chi connectivity index (χ0v) is 7.27. The summed E-state index contributed by atoms with van der Waals surface area (Å²) in [4.78, 5) is 0. The highest BCUT2D eigenvalue weighted by Crippen LogP contribution is 2.60. The van der Waals surface area contributed by atoms with E-state index in [1.807, 2.05) is 6.08 Å². The van der Waals surface area contributed by atoms with Crippen molar-refractivity contribution in [2.45, 2.75) is 19.3 Å². The Morgan fingerprint density at radius 2 is 2.55 bits per heavy atom. The van der Waals surface area contributed by atoms with Crippen LogP contribution < -0.4 is 0 Å². The van der Waals surface area contributed by atoms with Crippen molar-refractivity contribution in [3.63, 3.8) is 0 Å². The summed E-state index contributed by atoms with van der Waals surface area (Å²) in [7, 11) is 0. The van der Waals surface area contributed by atoms with Gasteiger partial charge in [-0.3, -0.25) is 0 Å². The van der Waals surface area contributed by atoms with Crippen molar-refractivity contribution in [3.05, 3.63) is 30.2 Å². The van der Waals surface area contributed by atoms with Gasteiger partial charge in [0.05, 0.1) is 0 Å². The molecule has 0 heterocycles. The van der Waals surface area contributed by atoms with E-state index in [4.69, 9.17) is 11.6 Å². The van der Waals surface area contributed by atoms with Crippen molar-refractivity contribution in [2.24, 2.45) is 11.3 Å². The van der Waals surface area contributed by atoms with Crippen LogP contribution in [0.2, 0.25) is 0 Å². The second kappa shape index (κ2) is 2.38. The maximum absolute atomic E-state index is 5.95. The fourth-order valence-corrected chi connectivity index (χ4v) is 2.31. The first-order valence-corrected chi connectivity index (χ1v) is 4.48. The van der Waals surface area contributed by atoms with Crippen LogP contribution in [0, 0.1) is 18.3 Å². The number of rotatable bonds is 1. The van der Waals surface area contributed by atoms with Crippen molar-refractivity contribution in [2.75, 3.05) is 0 Å². The van der Waals surface area contributed by atoms with Gasteiger partial charge in [0.1, 0.15) is 0 Å². The van der Waals surface area contributed by atoms with Crippen LogP contribution in [-0.4, -0.2) is 0 Å². The van der Waals surface area contributed by atoms with Gasteiger partial charge in [0, 0.05) is 5.03 Å². The average Bonchev–Trinajstić information content (AvgIpc) is 2.63. The quantitative estimate of drug-likeness (QED) is 0.562. The summed E-state index contributed by atoms with van der Waals surface area (Å²) in [6, 6.07) is 0. The van der Waals surface area contributed by atoms with Crippen LogP contribution in [0.25, 0.3) is 0 Å². The van der Waals surface area contributed by atoms with Crippen LogP contribution in [0.5, 0.6) is 0 Å². The summed E-state index contributed by atoms with van der Waals surface area (Å²) in [5.41, 5.74) is 0.424. The molecule has 2 aliphatic rings. The highest BCUT2D eigenvalue weighted by atomic mass is 35.5. The third-order valence-corrected chi connectivity index (χ3v) is 3.09. The van der Waals surface area contributed by atoms with Crippen molar-refractivity contribution in [1.82, 2.24) is 0 Å². The standard InChI is InChI=1S/C10H12Cl/c1-2-8-6-10(8)5-3-4-9(11)7-10/h3-5,8H,1-2,6-7H2. The zero-order chi connectivity index (χ0) is 7.90. The van der Waals surface area contributed by atoms with E-state index >= 15 is 0 Å². The predicted molar refractivity (Wildman–Crippen MR) is 48.2 cm³/mol. The van der Waals surface area contributed by atoms with Gasteiger partial charge < -0.3 is 0 Å². The molecule has 1 heteroatoms. The molecule has 0 aromatic rings. The first-order valence-electron chi connectivity index (χ1n) is 4.10. The number of hydrogen-bond acceptors (Lipinski definition) is 0. The Balaban J connectivity index is 2.10. The van der Waals surface area contributed by atoms with Gasteiger partial charge in [0.15, 0.2) is 0 Å². The van der Waals surface area contributed by atoms with E-state index < -0.39 is 0 Å². The Morgan fingerprint density at radius 1 is 1.73 bits per heavy atom. The third kappa shape index (κ3) is 1.14. The van der Waals surface area contributed by atoms with E-state index in [9.17, 15) is 0 Å². The Bertz CT molecular complexity index is 227. The lowest BCUT2D eigenvalue weighted by atomic mass is 9.94. The van der Waals surface area contributed by atoms with Crippen LogP contribution in [0.3, 0.4) is 0 Å². The minimum Gasteiger partial charge on any atom is -0.0891 e. The van der Waals surface area contributed by atoms with Gasteiger partial charge in [-0.05, 0) is 36.7 Å². The molecule has 0 bridgehead atoms. The average molecular weight is 168 g/mol. The molecule has 0 aromatic heterocycles. The second-order valence-electron chi connectivity index (χ2n) is 3.57. The first kappa shape index (κ1) is 7.42. The third-order valence-electron chi connectivity index (χ3n) is 2.83. The molecule has 0 amide bonds. The van der Waals surface area contributed by atoms with Crippen molar-refractivity contribution < 1.29 is 0 Å². The van der Waals surface area contributed by atoms with Gasteiger partial charge in [-0.25, -0.2) is 0 Å². The molecular weight excluding hydrogens is 156 g/mol. The van der Waals surface area contributed by atoms with E-state index in [1.165, 1.54) is 6.42 Å². The van der Waals surface area contributed by atoms with Crippen LogP contribution in [0.4, 0.5) is 0 Å². The summed E-state index contributed by atoms with van der Waals surface area (Å²) in [6.07, 6.45) is 9.76. The molecule has 2 aliphatic carbocycles. The molecule has 0 N–H and O–H groups in total. The van der Waals surface area contributed by atoms with Gasteiger partial charge in [-0.15, -0.1) is 0 Å². The van der Waals surface area contributed by atoms with Crippen LogP contribution in [0.1, 0.15) is 19.3 Å². The topological polar surface area (TPSA) is 0 Å². The first-order chi connectivity index (χ1) is 5.27. The van der Waals surface area contributed by atoms with Crippen LogP contribution in [0.15, 0.2) is 23.3 Å². The van der Waals surface area contributed by atoms with Crippen molar-refractivity contribution in [3.8, 4) is 0 Å². The summed E-state index contributed by atoms with van der Waals surface area (Å²) >= 11 is 5.95. The van der Waals surface area contributed by atoms with E-state index in [0.717, 1.165) is 23.8 Å². The highest BCUT2D eigenvalue weighted by Gasteiger charge is 2.51. The smallest absolute Gasteiger partial charge is 0.0189 e. The fraction of sp³-hybridized carbons (Fsp3) is 0.500. The number of hydrogen-bond donors (Lipinski definition) is 0. The minimum absolute atomic E-state index is 0.424. The molecule has 59 valence electrons. The molecule has 2 atom stereocenters. The SMILES string of the molecule is [CH2]CC1CC12C=CC=C(Cl)C2. The molecule has 2 rings (SSSR count). The molecule has 1 spiro atoms. The summed E-state index contributed by atoms with van der Waals surface area (Å²) in [5, 5.41) is 1.00. The predicted octanol–water partition coefficient (Wildman–Crippen LogP) is 3.30. The van der Waals surface area contributed by atoms with Gasteiger partial charge in [-0.2, -0.15) is 0 Å². The minimum atomic E-state index is 0.424. The van der Waals surface area contributed by atoms with Crippen molar-refractivity contribution >= 4 is 11.6 Å². The normalized spacial score (nSPS) is 40.9. The maximum Gasteiger partial charge on any atom is 0.0189 e. The molecular formula is C10H12Cl. The Morgan fingerprint density at radius 3 is 3.09 bits per heavy atom. The Kier molecular flexibility index (Phi) is 1.61. The fourth-order valence-electron chi connectivity index (χ4n) is 1.99. The van der Waals surface area contributed by atoms with E-state index in [1.54, 1.807) is 0 Å². The molecule has 0 aliphatic heterocycles. The van der Waals surface area contributed by atoms with Gasteiger partial charge in [-0.1, -0.05) is 30.7 Å². The second-order valence-corrected chi connectivity index (χ2v) is 4.06. The van der Waals surface area contributed by atoms with E-state index in [2.05, 4.69) is 19.1 Å². The monoisotopic (exact) mass is 167 g/mol. The Hall–Kier alpha value is -0.230. The maximum atomic E-state index is 5.95. The number of allylic oxidation sites excluding steroid dienone is 4. The van der Waals surface area contributed by atoms with Gasteiger partial charge >= 0.3 is 0 Å². The van der Waals surface area contributed by atoms with E-state index in [0.29, 0.717) is 5.41 Å². The lowest BCUT2D eigenvalue weighted by Crippen LogP contribution is -2.02. The summed E-state index contributed by atoms with van der Waals surface area (Å²) in [6.45, 7) is 3.93. The molecule has 2 unspecified atom stereocenters. The summed E-state index contributed by atoms with van der Waals surface area (Å²) < 4.78 is 0. The zero-order valence-electron chi connectivity index (χ0n) is 6.52.